The molecule has 0 aromatic heterocycles. The van der Waals surface area contributed by atoms with Crippen molar-refractivity contribution in [3.8, 4) is 0 Å². The molecule has 1 heterocycles. The molecule has 0 radical (unpaired) electrons. The quantitative estimate of drug-likeness (QED) is 0.879. The van der Waals surface area contributed by atoms with Gasteiger partial charge in [0.2, 0.25) is 15.9 Å². The number of carbonyl (C=O) groups is 1. The van der Waals surface area contributed by atoms with Crippen LogP contribution in [-0.2, 0) is 14.8 Å². The van der Waals surface area contributed by atoms with Crippen molar-refractivity contribution in [3.63, 3.8) is 0 Å². The van der Waals surface area contributed by atoms with E-state index in [0.717, 1.165) is 6.26 Å². The summed E-state index contributed by atoms with van der Waals surface area (Å²) in [7, 11) is -3.21. The standard InChI is InChI=1S/C11H13FN2O3S/c1-18(16,17)14-6-8(7-14)11(15)13-10-4-2-9(12)3-5-10/h2-5,8H,6-7H2,1H3,(H,13,15). The Morgan fingerprint density at radius 3 is 2.39 bits per heavy atom. The van der Waals surface area contributed by atoms with Crippen molar-refractivity contribution < 1.29 is 17.6 Å². The molecule has 1 saturated heterocycles. The maximum absolute atomic E-state index is 12.7. The molecule has 0 atom stereocenters. The zero-order valence-corrected chi connectivity index (χ0v) is 10.6. The van der Waals surface area contributed by atoms with E-state index >= 15 is 0 Å². The molecule has 0 bridgehead atoms. The van der Waals surface area contributed by atoms with Crippen molar-refractivity contribution in [2.45, 2.75) is 0 Å². The van der Waals surface area contributed by atoms with Gasteiger partial charge in [-0.25, -0.2) is 17.1 Å². The molecule has 2 rings (SSSR count). The van der Waals surface area contributed by atoms with Gasteiger partial charge in [-0.2, -0.15) is 0 Å². The number of sulfonamides is 1. The van der Waals surface area contributed by atoms with Crippen LogP contribution in [-0.4, -0.2) is 38.0 Å². The highest BCUT2D eigenvalue weighted by atomic mass is 32.2. The molecule has 1 aliphatic rings. The van der Waals surface area contributed by atoms with E-state index in [1.807, 2.05) is 0 Å². The van der Waals surface area contributed by atoms with Gasteiger partial charge in [-0.05, 0) is 24.3 Å². The average molecular weight is 272 g/mol. The maximum atomic E-state index is 12.7. The van der Waals surface area contributed by atoms with Crippen LogP contribution in [0, 0.1) is 11.7 Å². The highest BCUT2D eigenvalue weighted by Gasteiger charge is 2.37. The fourth-order valence-electron chi connectivity index (χ4n) is 1.65. The molecule has 1 N–H and O–H groups in total. The first-order valence-corrected chi connectivity index (χ1v) is 7.22. The molecule has 0 aliphatic carbocycles. The molecular formula is C11H13FN2O3S. The van der Waals surface area contributed by atoms with Gasteiger partial charge in [0, 0.05) is 18.8 Å². The molecule has 1 aliphatic heterocycles. The van der Waals surface area contributed by atoms with Crippen molar-refractivity contribution in [2.75, 3.05) is 24.7 Å². The Hall–Kier alpha value is -1.47. The number of benzene rings is 1. The van der Waals surface area contributed by atoms with E-state index in [0.29, 0.717) is 5.69 Å². The summed E-state index contributed by atoms with van der Waals surface area (Å²) in [4.78, 5) is 11.7. The Labute approximate surface area is 105 Å². The van der Waals surface area contributed by atoms with Gasteiger partial charge in [0.1, 0.15) is 5.82 Å². The average Bonchev–Trinajstić information content (AvgIpc) is 2.17. The Bertz CT molecular complexity index is 550. The first-order chi connectivity index (χ1) is 8.36. The molecule has 1 fully saturated rings. The van der Waals surface area contributed by atoms with Gasteiger partial charge < -0.3 is 5.32 Å². The predicted molar refractivity (Wildman–Crippen MR) is 64.9 cm³/mol. The predicted octanol–water partition coefficient (Wildman–Crippen LogP) is 0.656. The summed E-state index contributed by atoms with van der Waals surface area (Å²) in [6.45, 7) is 0.401. The number of nitrogens with zero attached hydrogens (tertiary/aromatic N) is 1. The van der Waals surface area contributed by atoms with Gasteiger partial charge in [-0.1, -0.05) is 0 Å². The van der Waals surface area contributed by atoms with Crippen LogP contribution in [0.5, 0.6) is 0 Å². The third kappa shape index (κ3) is 2.85. The summed E-state index contributed by atoms with van der Waals surface area (Å²) in [6.07, 6.45) is 1.11. The van der Waals surface area contributed by atoms with Crippen LogP contribution in [0.4, 0.5) is 10.1 Å². The molecule has 1 amide bonds. The minimum atomic E-state index is -3.21. The van der Waals surface area contributed by atoms with E-state index in [2.05, 4.69) is 5.32 Å². The number of hydrogen-bond acceptors (Lipinski definition) is 3. The number of hydrogen-bond donors (Lipinski definition) is 1. The number of nitrogens with one attached hydrogen (secondary N) is 1. The molecule has 1 aromatic rings. The number of anilines is 1. The van der Waals surface area contributed by atoms with Gasteiger partial charge in [0.15, 0.2) is 0 Å². The Morgan fingerprint density at radius 1 is 1.33 bits per heavy atom. The van der Waals surface area contributed by atoms with Crippen molar-refractivity contribution in [1.29, 1.82) is 0 Å². The van der Waals surface area contributed by atoms with Crippen LogP contribution in [0.1, 0.15) is 0 Å². The van der Waals surface area contributed by atoms with Gasteiger partial charge in [0.05, 0.1) is 12.2 Å². The van der Waals surface area contributed by atoms with Crippen molar-refractivity contribution >= 4 is 21.6 Å². The summed E-state index contributed by atoms with van der Waals surface area (Å²) in [5.74, 6) is -0.966. The van der Waals surface area contributed by atoms with Crippen LogP contribution in [0.25, 0.3) is 0 Å². The van der Waals surface area contributed by atoms with Gasteiger partial charge in [0.25, 0.3) is 0 Å². The lowest BCUT2D eigenvalue weighted by Crippen LogP contribution is -2.53. The molecular weight excluding hydrogens is 259 g/mol. The number of rotatable bonds is 3. The molecule has 0 saturated carbocycles. The largest absolute Gasteiger partial charge is 0.326 e. The van der Waals surface area contributed by atoms with E-state index in [1.165, 1.54) is 28.6 Å². The SMILES string of the molecule is CS(=O)(=O)N1CC(C(=O)Nc2ccc(F)cc2)C1. The second kappa shape index (κ2) is 4.66. The lowest BCUT2D eigenvalue weighted by atomic mass is 10.0. The second-order valence-corrected chi connectivity index (χ2v) is 6.26. The van der Waals surface area contributed by atoms with E-state index in [4.69, 9.17) is 0 Å². The fraction of sp³-hybridized carbons (Fsp3) is 0.364. The molecule has 0 unspecified atom stereocenters. The lowest BCUT2D eigenvalue weighted by Gasteiger charge is -2.35. The zero-order chi connectivity index (χ0) is 13.3. The minimum Gasteiger partial charge on any atom is -0.326 e. The number of amides is 1. The third-order valence-corrected chi connectivity index (χ3v) is 4.04. The fourth-order valence-corrected chi connectivity index (χ4v) is 2.55. The van der Waals surface area contributed by atoms with Gasteiger partial charge in [-0.15, -0.1) is 0 Å². The number of halogens is 1. The van der Waals surface area contributed by atoms with Crippen molar-refractivity contribution in [1.82, 2.24) is 4.31 Å². The molecule has 0 spiro atoms. The van der Waals surface area contributed by atoms with E-state index in [9.17, 15) is 17.6 Å². The van der Waals surface area contributed by atoms with Crippen LogP contribution < -0.4 is 5.32 Å². The van der Waals surface area contributed by atoms with Crippen LogP contribution in [0.3, 0.4) is 0 Å². The molecule has 98 valence electrons. The molecule has 7 heteroatoms. The minimum absolute atomic E-state index is 0.200. The summed E-state index contributed by atoms with van der Waals surface area (Å²) in [6, 6.07) is 5.42. The maximum Gasteiger partial charge on any atom is 0.230 e. The normalized spacial score (nSPS) is 17.2. The third-order valence-electron chi connectivity index (χ3n) is 2.80. The first kappa shape index (κ1) is 13.0. The van der Waals surface area contributed by atoms with Crippen molar-refractivity contribution in [2.24, 2.45) is 5.92 Å². The summed E-state index contributed by atoms with van der Waals surface area (Å²) in [5.41, 5.74) is 0.499. The smallest absolute Gasteiger partial charge is 0.230 e. The van der Waals surface area contributed by atoms with Crippen LogP contribution in [0.15, 0.2) is 24.3 Å². The number of carbonyl (C=O) groups excluding carboxylic acids is 1. The summed E-state index contributed by atoms with van der Waals surface area (Å²) in [5, 5.41) is 2.62. The lowest BCUT2D eigenvalue weighted by molar-refractivity contribution is -0.122. The first-order valence-electron chi connectivity index (χ1n) is 5.38. The monoisotopic (exact) mass is 272 g/mol. The van der Waals surface area contributed by atoms with Crippen LogP contribution in [0.2, 0.25) is 0 Å². The zero-order valence-electron chi connectivity index (χ0n) is 9.76. The van der Waals surface area contributed by atoms with Crippen molar-refractivity contribution in [3.05, 3.63) is 30.1 Å². The van der Waals surface area contributed by atoms with E-state index in [1.54, 1.807) is 0 Å². The van der Waals surface area contributed by atoms with Gasteiger partial charge in [-0.3, -0.25) is 4.79 Å². The topological polar surface area (TPSA) is 66.5 Å². The van der Waals surface area contributed by atoms with E-state index in [-0.39, 0.29) is 30.7 Å². The van der Waals surface area contributed by atoms with E-state index < -0.39 is 10.0 Å². The Kier molecular flexibility index (Phi) is 3.36. The Balaban J connectivity index is 1.89. The molecule has 5 nitrogen and oxygen atoms in total. The Morgan fingerprint density at radius 2 is 1.89 bits per heavy atom. The molecule has 18 heavy (non-hydrogen) atoms. The second-order valence-electron chi connectivity index (χ2n) is 4.27. The summed E-state index contributed by atoms with van der Waals surface area (Å²) >= 11 is 0. The van der Waals surface area contributed by atoms with Gasteiger partial charge >= 0.3 is 0 Å². The molecule has 1 aromatic carbocycles. The highest BCUT2D eigenvalue weighted by Crippen LogP contribution is 2.20. The van der Waals surface area contributed by atoms with Crippen LogP contribution >= 0.6 is 0 Å². The summed E-state index contributed by atoms with van der Waals surface area (Å²) < 4.78 is 36.2. The highest BCUT2D eigenvalue weighted by molar-refractivity contribution is 7.88.